The molecule has 0 atom stereocenters. The maximum atomic E-state index is 5.81. The number of thiocarbonyl (C=S) groups is 2. The summed E-state index contributed by atoms with van der Waals surface area (Å²) in [7, 11) is 0. The van der Waals surface area contributed by atoms with Gasteiger partial charge in [-0.1, -0.05) is 36.6 Å². The maximum Gasteiger partial charge on any atom is 0.0535 e. The van der Waals surface area contributed by atoms with Crippen molar-refractivity contribution in [2.75, 3.05) is 11.5 Å². The first kappa shape index (κ1) is 11.3. The van der Waals surface area contributed by atoms with Crippen molar-refractivity contribution in [3.63, 3.8) is 0 Å². The Kier molecular flexibility index (Phi) is 2.43. The third-order valence-electron chi connectivity index (χ3n) is 3.07. The molecule has 1 aliphatic rings. The summed E-state index contributed by atoms with van der Waals surface area (Å²) in [5.41, 5.74) is 16.8. The van der Waals surface area contributed by atoms with Gasteiger partial charge >= 0.3 is 0 Å². The highest BCUT2D eigenvalue weighted by Gasteiger charge is 2.24. The number of benzene rings is 2. The van der Waals surface area contributed by atoms with Crippen LogP contribution in [0.5, 0.6) is 0 Å². The molecule has 0 radical (unpaired) electrons. The average molecular weight is 270 g/mol. The van der Waals surface area contributed by atoms with E-state index in [0.717, 1.165) is 32.0 Å². The fourth-order valence-electron chi connectivity index (χ4n) is 2.19. The molecule has 4 heteroatoms. The number of anilines is 2. The molecule has 0 heterocycles. The molecule has 1 aliphatic carbocycles. The Morgan fingerprint density at radius 1 is 0.611 bits per heavy atom. The number of nitrogen functional groups attached to an aromatic ring is 2. The highest BCUT2D eigenvalue weighted by Crippen LogP contribution is 2.30. The second-order valence-corrected chi connectivity index (χ2v) is 5.08. The molecule has 0 aromatic heterocycles. The fraction of sp³-hybridized carbons (Fsp3) is 0. The normalized spacial score (nSPS) is 13.1. The molecule has 88 valence electrons. The predicted molar refractivity (Wildman–Crippen MR) is 83.3 cm³/mol. The van der Waals surface area contributed by atoms with Crippen molar-refractivity contribution in [3.05, 3.63) is 58.7 Å². The number of fused-ring (bicyclic) bond motifs is 2. The van der Waals surface area contributed by atoms with Gasteiger partial charge in [0, 0.05) is 33.6 Å². The van der Waals surface area contributed by atoms with Gasteiger partial charge < -0.3 is 11.5 Å². The number of rotatable bonds is 0. The van der Waals surface area contributed by atoms with Gasteiger partial charge in [-0.15, -0.1) is 0 Å². The van der Waals surface area contributed by atoms with Gasteiger partial charge in [0.25, 0.3) is 0 Å². The number of nitrogens with two attached hydrogens (primary N) is 2. The molecular weight excluding hydrogens is 260 g/mol. The molecule has 2 aromatic rings. The maximum absolute atomic E-state index is 5.81. The Balaban J connectivity index is 2.31. The molecule has 2 aromatic carbocycles. The molecule has 0 aliphatic heterocycles. The Hall–Kier alpha value is -1.78. The zero-order chi connectivity index (χ0) is 12.9. The van der Waals surface area contributed by atoms with Crippen LogP contribution in [0.25, 0.3) is 0 Å². The topological polar surface area (TPSA) is 52.0 Å². The third-order valence-corrected chi connectivity index (χ3v) is 3.95. The van der Waals surface area contributed by atoms with Gasteiger partial charge in [0.2, 0.25) is 0 Å². The van der Waals surface area contributed by atoms with Crippen LogP contribution in [0.4, 0.5) is 11.4 Å². The molecule has 0 saturated heterocycles. The van der Waals surface area contributed by atoms with Crippen LogP contribution >= 0.6 is 24.4 Å². The first-order valence-electron chi connectivity index (χ1n) is 5.46. The molecular formula is C14H10N2S2. The van der Waals surface area contributed by atoms with Crippen LogP contribution in [-0.4, -0.2) is 9.73 Å². The molecule has 2 nitrogen and oxygen atoms in total. The Bertz CT molecular complexity index is 643. The summed E-state index contributed by atoms with van der Waals surface area (Å²) in [6.07, 6.45) is 0. The number of hydrogen-bond donors (Lipinski definition) is 2. The summed E-state index contributed by atoms with van der Waals surface area (Å²) >= 11 is 11.0. The summed E-state index contributed by atoms with van der Waals surface area (Å²) in [4.78, 5) is 1.56. The van der Waals surface area contributed by atoms with Gasteiger partial charge in [-0.25, -0.2) is 0 Å². The van der Waals surface area contributed by atoms with E-state index in [9.17, 15) is 0 Å². The summed E-state index contributed by atoms with van der Waals surface area (Å²) in [5.74, 6) is 0. The van der Waals surface area contributed by atoms with Crippen molar-refractivity contribution < 1.29 is 0 Å². The van der Waals surface area contributed by atoms with Gasteiger partial charge in [0.05, 0.1) is 9.73 Å². The van der Waals surface area contributed by atoms with Crippen LogP contribution in [0, 0.1) is 0 Å². The Morgan fingerprint density at radius 2 is 1.00 bits per heavy atom. The lowest BCUT2D eigenvalue weighted by Crippen LogP contribution is -2.19. The SMILES string of the molecule is Nc1ccc2c(c1)C(=S)c1ccc(N)cc1C2=S. The number of hydrogen-bond acceptors (Lipinski definition) is 4. The highest BCUT2D eigenvalue weighted by molar-refractivity contribution is 7.82. The fourth-order valence-corrected chi connectivity index (χ4v) is 2.88. The van der Waals surface area contributed by atoms with Gasteiger partial charge in [-0.05, 0) is 24.3 Å². The smallest absolute Gasteiger partial charge is 0.0535 e. The van der Waals surface area contributed by atoms with E-state index in [-0.39, 0.29) is 0 Å². The summed E-state index contributed by atoms with van der Waals surface area (Å²) < 4.78 is 0. The summed E-state index contributed by atoms with van der Waals surface area (Å²) in [6, 6.07) is 11.3. The lowest BCUT2D eigenvalue weighted by molar-refractivity contribution is 1.53. The van der Waals surface area contributed by atoms with E-state index in [1.54, 1.807) is 0 Å². The zero-order valence-corrected chi connectivity index (χ0v) is 11.1. The van der Waals surface area contributed by atoms with Crippen molar-refractivity contribution in [2.45, 2.75) is 0 Å². The van der Waals surface area contributed by atoms with Crippen LogP contribution in [0.3, 0.4) is 0 Å². The van der Waals surface area contributed by atoms with Gasteiger partial charge in [0.15, 0.2) is 0 Å². The van der Waals surface area contributed by atoms with E-state index in [4.69, 9.17) is 35.9 Å². The first-order chi connectivity index (χ1) is 8.58. The van der Waals surface area contributed by atoms with Gasteiger partial charge in [-0.2, -0.15) is 0 Å². The molecule has 0 amide bonds. The minimum atomic E-state index is 0.692. The van der Waals surface area contributed by atoms with E-state index in [2.05, 4.69) is 0 Å². The second kappa shape index (κ2) is 3.86. The lowest BCUT2D eigenvalue weighted by Gasteiger charge is -2.22. The molecule has 0 saturated carbocycles. The second-order valence-electron chi connectivity index (χ2n) is 4.27. The minimum Gasteiger partial charge on any atom is -0.399 e. The molecule has 0 fully saturated rings. The van der Waals surface area contributed by atoms with Crippen LogP contribution in [-0.2, 0) is 0 Å². The van der Waals surface area contributed by atoms with E-state index < -0.39 is 0 Å². The lowest BCUT2D eigenvalue weighted by atomic mass is 9.85. The van der Waals surface area contributed by atoms with Gasteiger partial charge in [-0.3, -0.25) is 0 Å². The van der Waals surface area contributed by atoms with E-state index in [1.165, 1.54) is 0 Å². The molecule has 3 rings (SSSR count). The minimum absolute atomic E-state index is 0.692. The monoisotopic (exact) mass is 270 g/mol. The first-order valence-corrected chi connectivity index (χ1v) is 6.28. The molecule has 0 spiro atoms. The van der Waals surface area contributed by atoms with E-state index in [1.807, 2.05) is 36.4 Å². The zero-order valence-electron chi connectivity index (χ0n) is 9.44. The van der Waals surface area contributed by atoms with Crippen molar-refractivity contribution in [2.24, 2.45) is 0 Å². The molecule has 0 bridgehead atoms. The van der Waals surface area contributed by atoms with E-state index in [0.29, 0.717) is 11.4 Å². The van der Waals surface area contributed by atoms with Crippen LogP contribution in [0.1, 0.15) is 22.3 Å². The summed E-state index contributed by atoms with van der Waals surface area (Å²) in [5, 5.41) is 0. The van der Waals surface area contributed by atoms with Crippen molar-refractivity contribution in [3.8, 4) is 0 Å². The van der Waals surface area contributed by atoms with E-state index >= 15 is 0 Å². The average Bonchev–Trinajstić information content (AvgIpc) is 2.36. The molecule has 0 unspecified atom stereocenters. The van der Waals surface area contributed by atoms with Crippen molar-refractivity contribution in [1.29, 1.82) is 0 Å². The quantitative estimate of drug-likeness (QED) is 0.487. The molecule has 4 N–H and O–H groups in total. The van der Waals surface area contributed by atoms with Crippen LogP contribution in [0.2, 0.25) is 0 Å². The largest absolute Gasteiger partial charge is 0.399 e. The standard InChI is InChI=1S/C14H10N2S2/c15-7-1-3-9-11(5-7)14(18)10-4-2-8(16)6-12(10)13(9)17/h1-6H,15-16H2. The van der Waals surface area contributed by atoms with Gasteiger partial charge in [0.1, 0.15) is 0 Å². The molecule has 18 heavy (non-hydrogen) atoms. The highest BCUT2D eigenvalue weighted by atomic mass is 32.1. The third kappa shape index (κ3) is 1.54. The Labute approximate surface area is 116 Å². The predicted octanol–water partition coefficient (Wildman–Crippen LogP) is 2.70. The van der Waals surface area contributed by atoms with Crippen molar-refractivity contribution in [1.82, 2.24) is 0 Å². The van der Waals surface area contributed by atoms with Crippen LogP contribution in [0.15, 0.2) is 36.4 Å². The Morgan fingerprint density at radius 3 is 1.39 bits per heavy atom. The summed E-state index contributed by atoms with van der Waals surface area (Å²) in [6.45, 7) is 0. The van der Waals surface area contributed by atoms with Crippen LogP contribution < -0.4 is 11.5 Å². The van der Waals surface area contributed by atoms with Crippen molar-refractivity contribution >= 4 is 45.5 Å².